The van der Waals surface area contributed by atoms with E-state index in [2.05, 4.69) is 11.1 Å². The molecule has 0 unspecified atom stereocenters. The van der Waals surface area contributed by atoms with Crippen molar-refractivity contribution in [3.05, 3.63) is 90.3 Å². The summed E-state index contributed by atoms with van der Waals surface area (Å²) >= 11 is 0. The van der Waals surface area contributed by atoms with Crippen LogP contribution in [0.3, 0.4) is 0 Å². The van der Waals surface area contributed by atoms with E-state index in [4.69, 9.17) is 4.74 Å². The van der Waals surface area contributed by atoms with Crippen molar-refractivity contribution in [1.29, 1.82) is 0 Å². The summed E-state index contributed by atoms with van der Waals surface area (Å²) in [4.78, 5) is 16.2. The molecule has 0 spiro atoms. The van der Waals surface area contributed by atoms with Gasteiger partial charge in [0.25, 0.3) is 0 Å². The Bertz CT molecular complexity index is 943. The Morgan fingerprint density at radius 2 is 1.54 bits per heavy atom. The van der Waals surface area contributed by atoms with Gasteiger partial charge in [-0.3, -0.25) is 9.78 Å². The first-order valence-electron chi connectivity index (χ1n) is 8.81. The number of hydrogen-bond acceptors (Lipinski definition) is 3. The largest absolute Gasteiger partial charge is 0.457 e. The zero-order chi connectivity index (χ0) is 17.8. The number of hydrogen-bond donors (Lipinski definition) is 0. The highest BCUT2D eigenvalue weighted by Gasteiger charge is 2.15. The summed E-state index contributed by atoms with van der Waals surface area (Å²) in [6.07, 6.45) is 7.52. The van der Waals surface area contributed by atoms with Gasteiger partial charge in [-0.25, -0.2) is 0 Å². The van der Waals surface area contributed by atoms with Crippen LogP contribution < -0.4 is 4.74 Å². The van der Waals surface area contributed by atoms with Gasteiger partial charge >= 0.3 is 0 Å². The van der Waals surface area contributed by atoms with E-state index >= 15 is 0 Å². The number of rotatable bonds is 3. The van der Waals surface area contributed by atoms with Gasteiger partial charge in [0.1, 0.15) is 11.5 Å². The van der Waals surface area contributed by atoms with Gasteiger partial charge in [-0.1, -0.05) is 36.4 Å². The predicted octanol–water partition coefficient (Wildman–Crippen LogP) is 5.07. The smallest absolute Gasteiger partial charge is 0.159 e. The van der Waals surface area contributed by atoms with Crippen molar-refractivity contribution in [1.82, 2.24) is 4.98 Å². The second-order valence-corrected chi connectivity index (χ2v) is 6.35. The molecule has 0 atom stereocenters. The van der Waals surface area contributed by atoms with E-state index in [1.807, 2.05) is 54.6 Å². The van der Waals surface area contributed by atoms with Crippen LogP contribution in [-0.2, 0) is 11.2 Å². The zero-order valence-electron chi connectivity index (χ0n) is 14.4. The number of benzene rings is 2. The third kappa shape index (κ3) is 3.57. The third-order valence-corrected chi connectivity index (χ3v) is 4.54. The van der Waals surface area contributed by atoms with Gasteiger partial charge in [-0.05, 0) is 53.8 Å². The van der Waals surface area contributed by atoms with Crippen LogP contribution in [-0.4, -0.2) is 10.8 Å². The first-order chi connectivity index (χ1) is 12.8. The van der Waals surface area contributed by atoms with E-state index in [1.165, 1.54) is 5.56 Å². The highest BCUT2D eigenvalue weighted by Crippen LogP contribution is 2.28. The molecule has 0 N–H and O–H groups in total. The minimum absolute atomic E-state index is 0.114. The number of carbonyl (C=O) groups is 1. The van der Waals surface area contributed by atoms with Crippen LogP contribution in [0.25, 0.3) is 16.9 Å². The average molecular weight is 341 g/mol. The summed E-state index contributed by atoms with van der Waals surface area (Å²) < 4.78 is 6.11. The molecule has 1 aliphatic carbocycles. The van der Waals surface area contributed by atoms with Crippen LogP contribution in [0, 0.1) is 0 Å². The Morgan fingerprint density at radius 1 is 0.808 bits per heavy atom. The molecule has 4 rings (SSSR count). The SMILES string of the molecule is O=C1C=C(Oc2ccc(-c3ccncc3)cc2)c2ccccc2CCC1. The summed E-state index contributed by atoms with van der Waals surface area (Å²) in [5, 5.41) is 0. The van der Waals surface area contributed by atoms with Gasteiger partial charge in [0.2, 0.25) is 0 Å². The maximum atomic E-state index is 12.1. The second-order valence-electron chi connectivity index (χ2n) is 6.35. The number of nitrogens with zero attached hydrogens (tertiary/aromatic N) is 1. The first kappa shape index (κ1) is 16.3. The molecule has 3 aromatic rings. The first-order valence-corrected chi connectivity index (χ1v) is 8.81. The van der Waals surface area contributed by atoms with Crippen LogP contribution in [0.2, 0.25) is 0 Å². The molecule has 0 bridgehead atoms. The molecular weight excluding hydrogens is 322 g/mol. The minimum Gasteiger partial charge on any atom is -0.457 e. The number of ketones is 1. The van der Waals surface area contributed by atoms with Crippen molar-refractivity contribution in [3.63, 3.8) is 0 Å². The normalized spacial score (nSPS) is 14.0. The molecule has 2 aromatic carbocycles. The quantitative estimate of drug-likeness (QED) is 0.667. The molecule has 1 heterocycles. The molecule has 1 aliphatic rings. The summed E-state index contributed by atoms with van der Waals surface area (Å²) in [6, 6.07) is 20.0. The molecule has 1 aromatic heterocycles. The average Bonchev–Trinajstić information content (AvgIpc) is 2.68. The van der Waals surface area contributed by atoms with Crippen LogP contribution in [0.5, 0.6) is 5.75 Å². The molecule has 0 fully saturated rings. The van der Waals surface area contributed by atoms with E-state index in [1.54, 1.807) is 18.5 Å². The Balaban J connectivity index is 1.63. The molecular formula is C23H19NO2. The number of allylic oxidation sites excluding steroid dienone is 1. The Kier molecular flexibility index (Phi) is 4.61. The van der Waals surface area contributed by atoms with Crippen LogP contribution in [0.4, 0.5) is 0 Å². The Hall–Kier alpha value is -3.20. The van der Waals surface area contributed by atoms with E-state index in [9.17, 15) is 4.79 Å². The number of aryl methyl sites for hydroxylation is 1. The van der Waals surface area contributed by atoms with Crippen molar-refractivity contribution in [2.75, 3.05) is 0 Å². The Morgan fingerprint density at radius 3 is 2.35 bits per heavy atom. The fraction of sp³-hybridized carbons (Fsp3) is 0.130. The molecule has 0 amide bonds. The van der Waals surface area contributed by atoms with Crippen molar-refractivity contribution >= 4 is 11.5 Å². The number of pyridine rings is 1. The van der Waals surface area contributed by atoms with Gasteiger partial charge in [0.05, 0.1) is 0 Å². The number of fused-ring (bicyclic) bond motifs is 1. The minimum atomic E-state index is 0.114. The lowest BCUT2D eigenvalue weighted by Crippen LogP contribution is -2.07. The predicted molar refractivity (Wildman–Crippen MR) is 103 cm³/mol. The lowest BCUT2D eigenvalue weighted by atomic mass is 9.96. The summed E-state index contributed by atoms with van der Waals surface area (Å²) in [5.41, 5.74) is 4.43. The maximum absolute atomic E-state index is 12.1. The molecule has 26 heavy (non-hydrogen) atoms. The standard InChI is InChI=1S/C23H19NO2/c25-20-6-3-5-19-4-1-2-7-22(19)23(16-20)26-21-10-8-17(9-11-21)18-12-14-24-15-13-18/h1-2,4,7-16H,3,5-6H2. The molecule has 0 aliphatic heterocycles. The monoisotopic (exact) mass is 341 g/mol. The topological polar surface area (TPSA) is 39.2 Å². The highest BCUT2D eigenvalue weighted by molar-refractivity contribution is 5.96. The van der Waals surface area contributed by atoms with Gasteiger partial charge in [-0.2, -0.15) is 0 Å². The van der Waals surface area contributed by atoms with E-state index in [-0.39, 0.29) is 5.78 Å². The van der Waals surface area contributed by atoms with Crippen LogP contribution >= 0.6 is 0 Å². The zero-order valence-corrected chi connectivity index (χ0v) is 14.4. The fourth-order valence-corrected chi connectivity index (χ4v) is 3.20. The van der Waals surface area contributed by atoms with Gasteiger partial charge in [-0.15, -0.1) is 0 Å². The lowest BCUT2D eigenvalue weighted by Gasteiger charge is -2.16. The van der Waals surface area contributed by atoms with E-state index in [0.29, 0.717) is 12.2 Å². The highest BCUT2D eigenvalue weighted by atomic mass is 16.5. The van der Waals surface area contributed by atoms with Crippen molar-refractivity contribution < 1.29 is 9.53 Å². The van der Waals surface area contributed by atoms with E-state index < -0.39 is 0 Å². The van der Waals surface area contributed by atoms with Gasteiger partial charge in [0, 0.05) is 30.5 Å². The van der Waals surface area contributed by atoms with Gasteiger partial charge < -0.3 is 4.74 Å². The number of ether oxygens (including phenoxy) is 1. The van der Waals surface area contributed by atoms with Crippen LogP contribution in [0.1, 0.15) is 24.0 Å². The molecule has 3 heteroatoms. The summed E-state index contributed by atoms with van der Waals surface area (Å²) in [6.45, 7) is 0. The molecule has 0 saturated carbocycles. The van der Waals surface area contributed by atoms with Crippen molar-refractivity contribution in [3.8, 4) is 16.9 Å². The van der Waals surface area contributed by atoms with Crippen molar-refractivity contribution in [2.24, 2.45) is 0 Å². The maximum Gasteiger partial charge on any atom is 0.159 e. The number of carbonyl (C=O) groups excluding carboxylic acids is 1. The molecule has 3 nitrogen and oxygen atoms in total. The number of aromatic nitrogens is 1. The Labute approximate surface area is 153 Å². The second kappa shape index (κ2) is 7.36. The van der Waals surface area contributed by atoms with Gasteiger partial charge in [0.15, 0.2) is 5.78 Å². The molecule has 128 valence electrons. The summed E-state index contributed by atoms with van der Waals surface area (Å²) in [5.74, 6) is 1.46. The molecule has 0 radical (unpaired) electrons. The van der Waals surface area contributed by atoms with Crippen LogP contribution in [0.15, 0.2) is 79.1 Å². The third-order valence-electron chi connectivity index (χ3n) is 4.54. The van der Waals surface area contributed by atoms with Crippen molar-refractivity contribution in [2.45, 2.75) is 19.3 Å². The summed E-state index contributed by atoms with van der Waals surface area (Å²) in [7, 11) is 0. The lowest BCUT2D eigenvalue weighted by molar-refractivity contribution is -0.114. The van der Waals surface area contributed by atoms with E-state index in [0.717, 1.165) is 35.3 Å². The fourth-order valence-electron chi connectivity index (χ4n) is 3.20. The molecule has 0 saturated heterocycles.